The van der Waals surface area contributed by atoms with Gasteiger partial charge in [0.1, 0.15) is 22.4 Å². The molecule has 21 heteroatoms. The second kappa shape index (κ2) is 20.3. The standard InChI is InChI=1S/C24H29N7O2.2C15H17N3O2S/c1-30-9-11-31(12-10-30)16-5-6-18(25-13-16)28-23-26-14-17-20(29-23)19-21(33-17)22(32)27-15-24(19)7-3-2-4-8-24;2*1-21-14-16-7-9-11(18-14)10-12(20-9)13(19)17-8-15(10)5-3-2-4-6-15/h5-6,13-14H,2-4,7-12,15H2,1H3,(H,27,32)(H,25,26,28,29);2*7H,2-6,8H2,1H3,(H,17,19). The molecule has 0 unspecified atom stereocenters. The molecule has 75 heavy (non-hydrogen) atoms. The maximum Gasteiger partial charge on any atom is 0.287 e. The number of thioether (sulfide) groups is 2. The number of furan rings is 3. The van der Waals surface area contributed by atoms with Gasteiger partial charge in [0.15, 0.2) is 44.3 Å². The lowest BCUT2D eigenvalue weighted by Crippen LogP contribution is -2.47. The summed E-state index contributed by atoms with van der Waals surface area (Å²) in [6, 6.07) is 4.04. The highest BCUT2D eigenvalue weighted by Crippen LogP contribution is 2.49. The van der Waals surface area contributed by atoms with Gasteiger partial charge in [0.05, 0.1) is 30.5 Å². The van der Waals surface area contributed by atoms with Crippen molar-refractivity contribution in [3.8, 4) is 0 Å². The van der Waals surface area contributed by atoms with Crippen LogP contribution in [0.1, 0.15) is 145 Å². The molecule has 3 aliphatic carbocycles. The third-order valence-electron chi connectivity index (χ3n) is 16.9. The van der Waals surface area contributed by atoms with E-state index in [1.54, 1.807) is 18.6 Å². The van der Waals surface area contributed by atoms with Gasteiger partial charge in [-0.2, -0.15) is 0 Å². The Morgan fingerprint density at radius 3 is 1.33 bits per heavy atom. The predicted octanol–water partition coefficient (Wildman–Crippen LogP) is 8.84. The van der Waals surface area contributed by atoms with Gasteiger partial charge in [-0.3, -0.25) is 14.4 Å². The normalized spacial score (nSPS) is 20.6. The third-order valence-corrected chi connectivity index (χ3v) is 18.0. The number of carbonyl (C=O) groups excluding carboxylic acids is 3. The molecule has 19 nitrogen and oxygen atoms in total. The zero-order chi connectivity index (χ0) is 51.3. The van der Waals surface area contributed by atoms with Crippen LogP contribution >= 0.6 is 23.5 Å². The minimum Gasteiger partial charge on any atom is -0.447 e. The first-order valence-electron chi connectivity index (χ1n) is 26.6. The van der Waals surface area contributed by atoms with Crippen LogP contribution in [-0.2, 0) is 16.2 Å². The smallest absolute Gasteiger partial charge is 0.287 e. The SMILES string of the molecule is CN1CCN(c2ccc(Nc3ncc4oc5c(c4n3)C3(CCCCC3)CNC5=O)nc2)CC1.CSc1ncc2oc3c(c2n1)C1(CCCCC1)CNC3=O.CSc1ncc2oc3c(c2n1)C1(CCCCC1)CNC3=O. The lowest BCUT2D eigenvalue weighted by atomic mass is 9.67. The van der Waals surface area contributed by atoms with Gasteiger partial charge in [-0.1, -0.05) is 81.3 Å². The summed E-state index contributed by atoms with van der Waals surface area (Å²) in [4.78, 5) is 73.2. The summed E-state index contributed by atoms with van der Waals surface area (Å²) >= 11 is 3.02. The number of nitrogens with one attached hydrogen (secondary N) is 4. The Hall–Kier alpha value is -6.32. The molecule has 7 aliphatic rings. The molecule has 11 heterocycles. The number of rotatable bonds is 5. The van der Waals surface area contributed by atoms with Gasteiger partial charge >= 0.3 is 0 Å². The highest BCUT2D eigenvalue weighted by atomic mass is 32.2. The Bertz CT molecular complexity index is 3170. The molecule has 392 valence electrons. The van der Waals surface area contributed by atoms with Crippen molar-refractivity contribution in [1.29, 1.82) is 0 Å². The van der Waals surface area contributed by atoms with Crippen LogP contribution < -0.4 is 26.2 Å². The van der Waals surface area contributed by atoms with Crippen LogP contribution in [0.5, 0.6) is 0 Å². The zero-order valence-electron chi connectivity index (χ0n) is 42.8. The maximum atomic E-state index is 12.6. The molecule has 3 amide bonds. The molecule has 0 radical (unpaired) electrons. The molecule has 14 rings (SSSR count). The van der Waals surface area contributed by atoms with Crippen LogP contribution in [-0.4, -0.2) is 123 Å². The van der Waals surface area contributed by atoms with Gasteiger partial charge in [-0.25, -0.2) is 34.9 Å². The molecule has 4 N–H and O–H groups in total. The summed E-state index contributed by atoms with van der Waals surface area (Å²) < 4.78 is 17.5. The van der Waals surface area contributed by atoms with E-state index < -0.39 is 0 Å². The average Bonchev–Trinajstić information content (AvgIpc) is 4.19. The number of nitrogens with zero attached hydrogens (tertiary/aromatic N) is 9. The number of aromatic nitrogens is 7. The largest absolute Gasteiger partial charge is 0.447 e. The van der Waals surface area contributed by atoms with E-state index in [0.717, 1.165) is 127 Å². The fourth-order valence-corrected chi connectivity index (χ4v) is 13.6. The monoisotopic (exact) mass is 1050 g/mol. The third kappa shape index (κ3) is 9.14. The summed E-state index contributed by atoms with van der Waals surface area (Å²) in [5.41, 5.74) is 8.26. The first-order chi connectivity index (χ1) is 36.6. The van der Waals surface area contributed by atoms with Crippen molar-refractivity contribution in [3.05, 3.63) is 70.9 Å². The summed E-state index contributed by atoms with van der Waals surface area (Å²) in [6.07, 6.45) is 28.2. The van der Waals surface area contributed by atoms with Crippen LogP contribution in [0.3, 0.4) is 0 Å². The summed E-state index contributed by atoms with van der Waals surface area (Å²) in [7, 11) is 2.15. The second-order valence-corrected chi connectivity index (χ2v) is 22.9. The Balaban J connectivity index is 0.000000119. The van der Waals surface area contributed by atoms with Gasteiger partial charge in [0.2, 0.25) is 5.95 Å². The van der Waals surface area contributed by atoms with E-state index in [1.807, 2.05) is 24.8 Å². The van der Waals surface area contributed by atoms with Crippen LogP contribution in [0.4, 0.5) is 17.5 Å². The Morgan fingerprint density at radius 2 is 0.933 bits per heavy atom. The Kier molecular flexibility index (Phi) is 13.4. The molecule has 0 aromatic carbocycles. The molecule has 4 aliphatic heterocycles. The fraction of sp³-hybridized carbons (Fsp3) is 0.519. The number of piperazine rings is 1. The van der Waals surface area contributed by atoms with E-state index >= 15 is 0 Å². The quantitative estimate of drug-likeness (QED) is 0.0930. The lowest BCUT2D eigenvalue weighted by Gasteiger charge is -2.39. The van der Waals surface area contributed by atoms with E-state index in [4.69, 9.17) is 18.2 Å². The van der Waals surface area contributed by atoms with Crippen molar-refractivity contribution in [3.63, 3.8) is 0 Å². The van der Waals surface area contributed by atoms with E-state index in [0.29, 0.717) is 65.4 Å². The molecule has 7 aromatic rings. The molecule has 4 fully saturated rings. The van der Waals surface area contributed by atoms with Crippen molar-refractivity contribution < 1.29 is 27.6 Å². The van der Waals surface area contributed by atoms with Crippen LogP contribution in [0.25, 0.3) is 33.3 Å². The number of carbonyl (C=O) groups is 3. The van der Waals surface area contributed by atoms with Crippen molar-refractivity contribution in [2.75, 3.05) is 75.6 Å². The summed E-state index contributed by atoms with van der Waals surface area (Å²) in [6.45, 7) is 6.18. The average molecular weight is 1050 g/mol. The van der Waals surface area contributed by atoms with Crippen molar-refractivity contribution in [2.24, 2.45) is 0 Å². The van der Waals surface area contributed by atoms with Crippen molar-refractivity contribution in [1.82, 2.24) is 55.7 Å². The van der Waals surface area contributed by atoms with E-state index in [1.165, 1.54) is 68.5 Å². The van der Waals surface area contributed by atoms with E-state index in [-0.39, 0.29) is 34.0 Å². The number of anilines is 3. The van der Waals surface area contributed by atoms with Crippen LogP contribution in [0.2, 0.25) is 0 Å². The van der Waals surface area contributed by atoms with Gasteiger partial charge in [-0.05, 0) is 70.2 Å². The topological polar surface area (TPSA) is 235 Å². The number of amides is 3. The Labute approximate surface area is 442 Å². The molecule has 0 atom stereocenters. The van der Waals surface area contributed by atoms with Gasteiger partial charge in [0, 0.05) is 78.7 Å². The van der Waals surface area contributed by atoms with E-state index in [2.05, 4.69) is 74.1 Å². The van der Waals surface area contributed by atoms with Gasteiger partial charge in [0.25, 0.3) is 17.7 Å². The summed E-state index contributed by atoms with van der Waals surface area (Å²) in [5.74, 6) is 2.05. The Morgan fingerprint density at radius 1 is 0.520 bits per heavy atom. The number of fused-ring (bicyclic) bond motifs is 12. The van der Waals surface area contributed by atoms with Crippen LogP contribution in [0.15, 0.2) is 60.5 Å². The summed E-state index contributed by atoms with van der Waals surface area (Å²) in [5, 5.41) is 13.7. The highest BCUT2D eigenvalue weighted by Gasteiger charge is 2.47. The minimum atomic E-state index is -0.158. The molecule has 7 aromatic heterocycles. The molecule has 3 saturated carbocycles. The first-order valence-corrected chi connectivity index (χ1v) is 29.0. The molecule has 1 saturated heterocycles. The number of pyridine rings is 1. The molecular weight excluding hydrogens is 991 g/mol. The highest BCUT2D eigenvalue weighted by molar-refractivity contribution is 7.98. The number of likely N-dealkylation sites (N-methyl/N-ethyl adjacent to an activating group) is 1. The molecular formula is C54H63N13O6S2. The van der Waals surface area contributed by atoms with Gasteiger partial charge in [-0.15, -0.1) is 0 Å². The van der Waals surface area contributed by atoms with Crippen LogP contribution in [0, 0.1) is 0 Å². The second-order valence-electron chi connectivity index (χ2n) is 21.4. The molecule has 3 spiro atoms. The first kappa shape index (κ1) is 49.6. The lowest BCUT2D eigenvalue weighted by molar-refractivity contribution is 0.0875. The van der Waals surface area contributed by atoms with Crippen molar-refractivity contribution in [2.45, 2.75) is 123 Å². The van der Waals surface area contributed by atoms with Crippen molar-refractivity contribution >= 4 is 92.0 Å². The zero-order valence-corrected chi connectivity index (χ0v) is 44.4. The predicted molar refractivity (Wildman–Crippen MR) is 287 cm³/mol. The van der Waals surface area contributed by atoms with Gasteiger partial charge < -0.3 is 44.3 Å². The number of hydrogen-bond acceptors (Lipinski definition) is 18. The minimum absolute atomic E-state index is 0.00320. The fourth-order valence-electron chi connectivity index (χ4n) is 12.9. The molecule has 0 bridgehead atoms. The van der Waals surface area contributed by atoms with E-state index in [9.17, 15) is 14.4 Å². The maximum absolute atomic E-state index is 12.6. The number of hydrogen-bond donors (Lipinski definition) is 4.